The molecule has 2 aromatic carbocycles. The van der Waals surface area contributed by atoms with E-state index in [-0.39, 0.29) is 0 Å². The number of hydrogen-bond acceptors (Lipinski definition) is 3. The quantitative estimate of drug-likeness (QED) is 0.434. The van der Waals surface area contributed by atoms with Crippen molar-refractivity contribution in [2.24, 2.45) is 0 Å². The molecule has 0 unspecified atom stereocenters. The van der Waals surface area contributed by atoms with Gasteiger partial charge in [0.25, 0.3) is 0 Å². The molecule has 31 heavy (non-hydrogen) atoms. The molecule has 3 rings (SSSR count). The van der Waals surface area contributed by atoms with Gasteiger partial charge in [0.1, 0.15) is 0 Å². The Bertz CT molecular complexity index is 1020. The summed E-state index contributed by atoms with van der Waals surface area (Å²) in [5, 5.41) is 6.82. The van der Waals surface area contributed by atoms with Crippen LogP contribution < -0.4 is 10.6 Å². The fourth-order valence-corrected chi connectivity index (χ4v) is 3.68. The molecule has 1 heterocycles. The van der Waals surface area contributed by atoms with Crippen LogP contribution in [0.5, 0.6) is 0 Å². The molecule has 3 nitrogen and oxygen atoms in total. The zero-order chi connectivity index (χ0) is 22.1. The minimum absolute atomic E-state index is 0.840. The fourth-order valence-electron chi connectivity index (χ4n) is 3.68. The smallest absolute Gasteiger partial charge is 0.0855 e. The topological polar surface area (TPSA) is 37.0 Å². The first kappa shape index (κ1) is 22.4. The van der Waals surface area contributed by atoms with Crippen LogP contribution in [0.15, 0.2) is 80.0 Å². The van der Waals surface area contributed by atoms with E-state index < -0.39 is 0 Å². The molecular weight excluding hydrogens is 378 g/mol. The standard InChI is InChI=1S/C28H33N3/c1-5-24-11-8-9-13-26(24)17-19-30-23(4)28-15-14-27(20-31-28)22(3)29-18-16-25-12-7-6-10-21(25)2/h6-15,20,29-30H,3-5,16-19H2,1-2H3. The van der Waals surface area contributed by atoms with Gasteiger partial charge in [0.05, 0.1) is 11.4 Å². The first-order valence-electron chi connectivity index (χ1n) is 11.0. The van der Waals surface area contributed by atoms with Crippen LogP contribution in [-0.2, 0) is 19.3 Å². The van der Waals surface area contributed by atoms with Crippen molar-refractivity contribution in [1.29, 1.82) is 0 Å². The van der Waals surface area contributed by atoms with Crippen molar-refractivity contribution in [2.45, 2.75) is 33.1 Å². The molecule has 3 aromatic rings. The molecule has 2 N–H and O–H groups in total. The summed E-state index contributed by atoms with van der Waals surface area (Å²) in [5.41, 5.74) is 9.08. The molecule has 3 heteroatoms. The fraction of sp³-hybridized carbons (Fsp3) is 0.250. The number of aromatic nitrogens is 1. The normalized spacial score (nSPS) is 10.5. The summed E-state index contributed by atoms with van der Waals surface area (Å²) in [6.45, 7) is 14.3. The molecule has 1 aromatic heterocycles. The Hall–Kier alpha value is -3.33. The van der Waals surface area contributed by atoms with Crippen molar-refractivity contribution < 1.29 is 0 Å². The maximum absolute atomic E-state index is 4.58. The van der Waals surface area contributed by atoms with E-state index in [0.717, 1.165) is 55.0 Å². The van der Waals surface area contributed by atoms with Crippen molar-refractivity contribution in [3.8, 4) is 0 Å². The van der Waals surface area contributed by atoms with E-state index in [9.17, 15) is 0 Å². The molecule has 0 saturated heterocycles. The summed E-state index contributed by atoms with van der Waals surface area (Å²) in [4.78, 5) is 4.58. The maximum atomic E-state index is 4.58. The predicted octanol–water partition coefficient (Wildman–Crippen LogP) is 5.56. The Morgan fingerprint density at radius 2 is 1.39 bits per heavy atom. The second kappa shape index (κ2) is 11.2. The Balaban J connectivity index is 1.46. The van der Waals surface area contributed by atoms with Crippen molar-refractivity contribution in [3.05, 3.63) is 114 Å². The van der Waals surface area contributed by atoms with Crippen molar-refractivity contribution in [3.63, 3.8) is 0 Å². The van der Waals surface area contributed by atoms with Gasteiger partial charge in [0.15, 0.2) is 0 Å². The monoisotopic (exact) mass is 411 g/mol. The minimum atomic E-state index is 0.840. The molecule has 0 saturated carbocycles. The lowest BCUT2D eigenvalue weighted by molar-refractivity contribution is 0.833. The second-order valence-electron chi connectivity index (χ2n) is 7.79. The van der Waals surface area contributed by atoms with Gasteiger partial charge in [-0.1, -0.05) is 68.6 Å². The number of hydrogen-bond donors (Lipinski definition) is 2. The molecule has 160 valence electrons. The lowest BCUT2D eigenvalue weighted by Crippen LogP contribution is -2.17. The van der Waals surface area contributed by atoms with E-state index in [1.54, 1.807) is 0 Å². The average molecular weight is 412 g/mol. The Kier molecular flexibility index (Phi) is 8.05. The van der Waals surface area contributed by atoms with E-state index in [2.05, 4.69) is 91.2 Å². The van der Waals surface area contributed by atoms with Crippen LogP contribution in [0, 0.1) is 6.92 Å². The Morgan fingerprint density at radius 3 is 2.03 bits per heavy atom. The number of rotatable bonds is 11. The molecular formula is C28H33N3. The van der Waals surface area contributed by atoms with Gasteiger partial charge in [0, 0.05) is 30.5 Å². The third-order valence-electron chi connectivity index (χ3n) is 5.65. The van der Waals surface area contributed by atoms with Gasteiger partial charge in [-0.25, -0.2) is 0 Å². The zero-order valence-corrected chi connectivity index (χ0v) is 18.7. The molecule has 0 spiro atoms. The largest absolute Gasteiger partial charge is 0.385 e. The van der Waals surface area contributed by atoms with E-state index in [0.29, 0.717) is 0 Å². The van der Waals surface area contributed by atoms with Crippen molar-refractivity contribution in [1.82, 2.24) is 15.6 Å². The highest BCUT2D eigenvalue weighted by molar-refractivity contribution is 5.64. The maximum Gasteiger partial charge on any atom is 0.0855 e. The van der Waals surface area contributed by atoms with Gasteiger partial charge in [-0.2, -0.15) is 0 Å². The van der Waals surface area contributed by atoms with E-state index >= 15 is 0 Å². The summed E-state index contributed by atoms with van der Waals surface area (Å²) in [5.74, 6) is 0. The van der Waals surface area contributed by atoms with Gasteiger partial charge in [-0.05, 0) is 60.6 Å². The highest BCUT2D eigenvalue weighted by Gasteiger charge is 2.05. The van der Waals surface area contributed by atoms with E-state index in [1.165, 1.54) is 22.3 Å². The lowest BCUT2D eigenvalue weighted by atomic mass is 10.0. The summed E-state index contributed by atoms with van der Waals surface area (Å²) in [6.07, 6.45) is 4.86. The third-order valence-corrected chi connectivity index (χ3v) is 5.65. The molecule has 0 radical (unpaired) electrons. The summed E-state index contributed by atoms with van der Waals surface area (Å²) in [7, 11) is 0. The van der Waals surface area contributed by atoms with E-state index in [4.69, 9.17) is 0 Å². The molecule has 0 aliphatic rings. The number of nitrogens with zero attached hydrogens (tertiary/aromatic N) is 1. The van der Waals surface area contributed by atoms with Crippen molar-refractivity contribution >= 4 is 11.4 Å². The number of aryl methyl sites for hydroxylation is 2. The molecule has 0 fully saturated rings. The molecule has 0 amide bonds. The molecule has 0 aliphatic carbocycles. The Labute approximate surface area is 187 Å². The van der Waals surface area contributed by atoms with Gasteiger partial charge in [-0.15, -0.1) is 0 Å². The molecule has 0 aliphatic heterocycles. The number of benzene rings is 2. The van der Waals surface area contributed by atoms with Gasteiger partial charge >= 0.3 is 0 Å². The highest BCUT2D eigenvalue weighted by atomic mass is 14.9. The number of pyridine rings is 1. The van der Waals surface area contributed by atoms with Crippen LogP contribution in [-0.4, -0.2) is 18.1 Å². The Morgan fingerprint density at radius 1 is 0.774 bits per heavy atom. The average Bonchev–Trinajstić information content (AvgIpc) is 2.80. The molecule has 0 atom stereocenters. The summed E-state index contributed by atoms with van der Waals surface area (Å²) < 4.78 is 0. The second-order valence-corrected chi connectivity index (χ2v) is 7.79. The summed E-state index contributed by atoms with van der Waals surface area (Å²) in [6, 6.07) is 21.1. The van der Waals surface area contributed by atoms with Gasteiger partial charge < -0.3 is 10.6 Å². The molecule has 0 bridgehead atoms. The van der Waals surface area contributed by atoms with Crippen LogP contribution >= 0.6 is 0 Å². The van der Waals surface area contributed by atoms with Gasteiger partial charge in [-0.3, -0.25) is 4.98 Å². The minimum Gasteiger partial charge on any atom is -0.385 e. The van der Waals surface area contributed by atoms with Crippen LogP contribution in [0.3, 0.4) is 0 Å². The van der Waals surface area contributed by atoms with Crippen LogP contribution in [0.1, 0.15) is 40.4 Å². The van der Waals surface area contributed by atoms with Crippen molar-refractivity contribution in [2.75, 3.05) is 13.1 Å². The third kappa shape index (κ3) is 6.32. The van der Waals surface area contributed by atoms with Crippen LogP contribution in [0.2, 0.25) is 0 Å². The van der Waals surface area contributed by atoms with Crippen LogP contribution in [0.25, 0.3) is 11.4 Å². The first-order valence-corrected chi connectivity index (χ1v) is 11.0. The number of nitrogens with one attached hydrogen (secondary N) is 2. The van der Waals surface area contributed by atoms with Crippen LogP contribution in [0.4, 0.5) is 0 Å². The lowest BCUT2D eigenvalue weighted by Gasteiger charge is -2.13. The highest BCUT2D eigenvalue weighted by Crippen LogP contribution is 2.14. The zero-order valence-electron chi connectivity index (χ0n) is 18.7. The van der Waals surface area contributed by atoms with E-state index in [1.807, 2.05) is 18.3 Å². The van der Waals surface area contributed by atoms with Gasteiger partial charge in [0.2, 0.25) is 0 Å². The first-order chi connectivity index (χ1) is 15.1. The predicted molar refractivity (Wildman–Crippen MR) is 133 cm³/mol. The summed E-state index contributed by atoms with van der Waals surface area (Å²) >= 11 is 0. The SMILES string of the molecule is C=C(NCCc1ccccc1C)c1ccc(C(=C)NCCc2ccccc2CC)nc1.